The lowest BCUT2D eigenvalue weighted by molar-refractivity contribution is -0.167. The van der Waals surface area contributed by atoms with Gasteiger partial charge < -0.3 is 14.2 Å². The van der Waals surface area contributed by atoms with Gasteiger partial charge in [-0.3, -0.25) is 14.4 Å². The average Bonchev–Trinajstić information content (AvgIpc) is 3.45. The molecule has 6 heteroatoms. The van der Waals surface area contributed by atoms with Gasteiger partial charge in [-0.25, -0.2) is 0 Å². The van der Waals surface area contributed by atoms with Crippen LogP contribution in [0.25, 0.3) is 0 Å². The summed E-state index contributed by atoms with van der Waals surface area (Å²) in [5.74, 6) is -0.936. The van der Waals surface area contributed by atoms with Crippen LogP contribution < -0.4 is 0 Å². The van der Waals surface area contributed by atoms with E-state index in [1.807, 2.05) is 0 Å². The molecule has 0 rings (SSSR count). The van der Waals surface area contributed by atoms with Crippen LogP contribution in [0.5, 0.6) is 0 Å². The Bertz CT molecular complexity index is 1640. The fourth-order valence-electron chi connectivity index (χ4n) is 9.09. The Hall–Kier alpha value is -4.19. The van der Waals surface area contributed by atoms with Gasteiger partial charge in [0, 0.05) is 19.3 Å². The summed E-state index contributed by atoms with van der Waals surface area (Å²) in [6, 6.07) is 0. The first-order valence-corrected chi connectivity index (χ1v) is 33.0. The van der Waals surface area contributed by atoms with Crippen LogP contribution in [0.15, 0.2) is 122 Å². The largest absolute Gasteiger partial charge is 0.462 e. The van der Waals surface area contributed by atoms with Gasteiger partial charge in [-0.1, -0.05) is 296 Å². The number of unbranched alkanes of at least 4 members (excludes halogenated alkanes) is 28. The normalized spacial score (nSPS) is 12.9. The van der Waals surface area contributed by atoms with E-state index < -0.39 is 6.10 Å². The summed E-state index contributed by atoms with van der Waals surface area (Å²) >= 11 is 0. The molecular weight excluding hydrogens is 973 g/mol. The highest BCUT2D eigenvalue weighted by molar-refractivity contribution is 5.71. The van der Waals surface area contributed by atoms with E-state index in [1.165, 1.54) is 116 Å². The molecule has 0 aromatic heterocycles. The second-order valence-corrected chi connectivity index (χ2v) is 21.6. The van der Waals surface area contributed by atoms with Crippen molar-refractivity contribution in [3.63, 3.8) is 0 Å². The lowest BCUT2D eigenvalue weighted by Crippen LogP contribution is -2.30. The first kappa shape index (κ1) is 74.8. The number of hydrogen-bond acceptors (Lipinski definition) is 6. The van der Waals surface area contributed by atoms with Crippen LogP contribution in [0.2, 0.25) is 0 Å². The van der Waals surface area contributed by atoms with Gasteiger partial charge in [-0.05, 0) is 109 Å². The van der Waals surface area contributed by atoms with Gasteiger partial charge in [0.1, 0.15) is 13.2 Å². The standard InChI is InChI=1S/C73H122O6/c1-4-7-10-13-16-19-22-25-28-31-33-35-36-38-39-42-45-48-51-54-57-60-63-66-72(75)78-69-70(68-77-71(74)65-62-59-56-53-50-47-44-41-30-27-24-21-18-15-12-9-6-3)79-73(76)67-64-61-58-55-52-49-46-43-40-37-34-32-29-26-23-20-17-14-11-8-5-2/h7,9-10,12,16,18-19,21,25,27-28,30,33,35,38-39,44-45,47-48,70H,4-6,8,11,13-15,17,20,22-24,26,29,31-32,34,36-37,40-43,46,49-69H2,1-3H3/b10-7-,12-9-,19-16-,21-18-,28-25-,30-27-,35-33-,39-38-,47-44-,48-45-. The number of carbonyl (C=O) groups excluding carboxylic acids is 3. The van der Waals surface area contributed by atoms with E-state index >= 15 is 0 Å². The number of rotatable bonds is 59. The first-order valence-electron chi connectivity index (χ1n) is 33.0. The summed E-state index contributed by atoms with van der Waals surface area (Å²) in [5, 5.41) is 0. The van der Waals surface area contributed by atoms with Crippen LogP contribution >= 0.6 is 0 Å². The zero-order valence-electron chi connectivity index (χ0n) is 51.6. The first-order chi connectivity index (χ1) is 39.0. The van der Waals surface area contributed by atoms with Crippen molar-refractivity contribution in [1.29, 1.82) is 0 Å². The highest BCUT2D eigenvalue weighted by Crippen LogP contribution is 2.17. The van der Waals surface area contributed by atoms with Crippen LogP contribution in [0.3, 0.4) is 0 Å². The van der Waals surface area contributed by atoms with Crippen molar-refractivity contribution in [2.75, 3.05) is 13.2 Å². The van der Waals surface area contributed by atoms with Crippen LogP contribution in [-0.2, 0) is 28.6 Å². The van der Waals surface area contributed by atoms with Gasteiger partial charge in [0.05, 0.1) is 0 Å². The second-order valence-electron chi connectivity index (χ2n) is 21.6. The molecule has 0 saturated carbocycles. The molecule has 79 heavy (non-hydrogen) atoms. The van der Waals surface area contributed by atoms with Crippen molar-refractivity contribution in [3.05, 3.63) is 122 Å². The van der Waals surface area contributed by atoms with E-state index in [9.17, 15) is 14.4 Å². The monoisotopic (exact) mass is 1090 g/mol. The van der Waals surface area contributed by atoms with E-state index in [-0.39, 0.29) is 31.1 Å². The van der Waals surface area contributed by atoms with Gasteiger partial charge >= 0.3 is 17.9 Å². The Labute approximate surface area is 488 Å². The lowest BCUT2D eigenvalue weighted by Gasteiger charge is -2.18. The quantitative estimate of drug-likeness (QED) is 0.0261. The molecule has 0 bridgehead atoms. The van der Waals surface area contributed by atoms with Crippen LogP contribution in [0, 0.1) is 0 Å². The minimum atomic E-state index is -0.803. The van der Waals surface area contributed by atoms with Crippen LogP contribution in [-0.4, -0.2) is 37.2 Å². The third kappa shape index (κ3) is 64.5. The maximum Gasteiger partial charge on any atom is 0.306 e. The Morgan fingerprint density at radius 1 is 0.266 bits per heavy atom. The summed E-state index contributed by atoms with van der Waals surface area (Å²) in [4.78, 5) is 38.4. The zero-order valence-corrected chi connectivity index (χ0v) is 51.6. The Balaban J connectivity index is 4.46. The molecule has 0 fully saturated rings. The minimum absolute atomic E-state index is 0.0996. The molecule has 1 unspecified atom stereocenters. The number of esters is 3. The summed E-state index contributed by atoms with van der Waals surface area (Å²) in [5.41, 5.74) is 0. The molecule has 0 spiro atoms. The molecule has 0 radical (unpaired) electrons. The molecule has 0 aliphatic carbocycles. The van der Waals surface area contributed by atoms with Crippen molar-refractivity contribution in [3.8, 4) is 0 Å². The molecule has 0 aliphatic rings. The predicted molar refractivity (Wildman–Crippen MR) is 343 cm³/mol. The third-order valence-electron chi connectivity index (χ3n) is 14.0. The molecule has 0 aromatic carbocycles. The minimum Gasteiger partial charge on any atom is -0.462 e. The average molecular weight is 1100 g/mol. The molecule has 6 nitrogen and oxygen atoms in total. The van der Waals surface area contributed by atoms with Gasteiger partial charge in [-0.15, -0.1) is 0 Å². The molecule has 0 amide bonds. The van der Waals surface area contributed by atoms with Crippen molar-refractivity contribution in [2.45, 2.75) is 309 Å². The SMILES string of the molecule is CC/C=C\C/C=C\C/C=C\C/C=C\C/C=C\C/C=C\CCCCCCC(=O)OCC(COC(=O)CCCCCC/C=C\C/C=C\C/C=C\C/C=C\CC)OC(=O)CCCCCCCCCCCCCCCCCCCCCCC. The van der Waals surface area contributed by atoms with E-state index in [1.54, 1.807) is 0 Å². The topological polar surface area (TPSA) is 78.9 Å². The smallest absolute Gasteiger partial charge is 0.306 e. The maximum absolute atomic E-state index is 12.9. The molecule has 0 heterocycles. The molecule has 0 N–H and O–H groups in total. The Morgan fingerprint density at radius 2 is 0.494 bits per heavy atom. The fraction of sp³-hybridized carbons (Fsp3) is 0.685. The highest BCUT2D eigenvalue weighted by Gasteiger charge is 2.19. The second kappa shape index (κ2) is 66.3. The van der Waals surface area contributed by atoms with Crippen molar-refractivity contribution in [1.82, 2.24) is 0 Å². The third-order valence-corrected chi connectivity index (χ3v) is 14.0. The van der Waals surface area contributed by atoms with E-state index in [0.29, 0.717) is 19.3 Å². The summed E-state index contributed by atoms with van der Waals surface area (Å²) < 4.78 is 16.9. The number of hydrogen-bond donors (Lipinski definition) is 0. The zero-order chi connectivity index (χ0) is 57.1. The number of allylic oxidation sites excluding steroid dienone is 20. The van der Waals surface area contributed by atoms with Crippen molar-refractivity contribution < 1.29 is 28.6 Å². The predicted octanol–water partition coefficient (Wildman–Crippen LogP) is 22.8. The Kier molecular flexibility index (Phi) is 62.8. The van der Waals surface area contributed by atoms with Crippen molar-refractivity contribution in [2.24, 2.45) is 0 Å². The van der Waals surface area contributed by atoms with Gasteiger partial charge in [0.25, 0.3) is 0 Å². The fourth-order valence-corrected chi connectivity index (χ4v) is 9.09. The molecule has 450 valence electrons. The number of carbonyl (C=O) groups is 3. The lowest BCUT2D eigenvalue weighted by atomic mass is 10.0. The van der Waals surface area contributed by atoms with E-state index in [0.717, 1.165) is 148 Å². The molecular formula is C73H122O6. The van der Waals surface area contributed by atoms with Gasteiger partial charge in [-0.2, -0.15) is 0 Å². The van der Waals surface area contributed by atoms with Crippen LogP contribution in [0.4, 0.5) is 0 Å². The molecule has 1 atom stereocenters. The van der Waals surface area contributed by atoms with Gasteiger partial charge in [0.15, 0.2) is 6.10 Å². The Morgan fingerprint density at radius 3 is 0.772 bits per heavy atom. The van der Waals surface area contributed by atoms with Crippen molar-refractivity contribution >= 4 is 17.9 Å². The molecule has 0 aliphatic heterocycles. The number of ether oxygens (including phenoxy) is 3. The summed E-state index contributed by atoms with van der Waals surface area (Å²) in [6.07, 6.45) is 92.0. The maximum atomic E-state index is 12.9. The summed E-state index contributed by atoms with van der Waals surface area (Å²) in [7, 11) is 0. The molecule has 0 saturated heterocycles. The summed E-state index contributed by atoms with van der Waals surface area (Å²) in [6.45, 7) is 6.40. The highest BCUT2D eigenvalue weighted by atomic mass is 16.6. The van der Waals surface area contributed by atoms with E-state index in [4.69, 9.17) is 14.2 Å². The van der Waals surface area contributed by atoms with E-state index in [2.05, 4.69) is 142 Å². The van der Waals surface area contributed by atoms with Gasteiger partial charge in [0.2, 0.25) is 0 Å². The molecule has 0 aromatic rings. The van der Waals surface area contributed by atoms with Crippen LogP contribution in [0.1, 0.15) is 303 Å².